The zero-order valence-corrected chi connectivity index (χ0v) is 14.9. The van der Waals surface area contributed by atoms with Crippen LogP contribution in [0.2, 0.25) is 0 Å². The number of hydrogen-bond acceptors (Lipinski definition) is 5. The molecule has 0 atom stereocenters. The van der Waals surface area contributed by atoms with Gasteiger partial charge in [-0.1, -0.05) is 29.8 Å². The Morgan fingerprint density at radius 2 is 1.88 bits per heavy atom. The first kappa shape index (κ1) is 18.1. The Labute approximate surface area is 153 Å². The van der Waals surface area contributed by atoms with E-state index in [2.05, 4.69) is 33.8 Å². The van der Waals surface area contributed by atoms with Crippen LogP contribution in [0.4, 0.5) is 5.82 Å². The molecule has 2 N–H and O–H groups in total. The summed E-state index contributed by atoms with van der Waals surface area (Å²) >= 11 is 0. The maximum absolute atomic E-state index is 11.3. The van der Waals surface area contributed by atoms with Gasteiger partial charge in [-0.25, -0.2) is 10.5 Å². The third kappa shape index (κ3) is 4.68. The molecule has 1 aliphatic rings. The molecule has 0 bridgehead atoms. The average Bonchev–Trinajstić information content (AvgIpc) is 2.69. The Bertz CT molecular complexity index is 751. The van der Waals surface area contributed by atoms with Gasteiger partial charge in [0.1, 0.15) is 5.82 Å². The monoisotopic (exact) mass is 352 g/mol. The van der Waals surface area contributed by atoms with Gasteiger partial charge in [-0.15, -0.1) is 0 Å². The number of piperazine rings is 1. The highest BCUT2D eigenvalue weighted by molar-refractivity contribution is 5.93. The zero-order valence-electron chi connectivity index (χ0n) is 14.9. The van der Waals surface area contributed by atoms with Crippen LogP contribution in [0.25, 0.3) is 6.08 Å². The molecule has 0 unspecified atom stereocenters. The van der Waals surface area contributed by atoms with Crippen LogP contribution in [0.3, 0.4) is 0 Å². The Balaban J connectivity index is 1.53. The first-order valence-electron chi connectivity index (χ1n) is 8.76. The maximum atomic E-state index is 11.3. The lowest BCUT2D eigenvalue weighted by atomic mass is 10.1. The number of aromatic nitrogens is 1. The molecule has 1 aromatic carbocycles. The van der Waals surface area contributed by atoms with E-state index in [0.29, 0.717) is 5.56 Å². The highest BCUT2D eigenvalue weighted by atomic mass is 16.5. The van der Waals surface area contributed by atoms with Crippen LogP contribution in [-0.4, -0.2) is 53.7 Å². The van der Waals surface area contributed by atoms with Crippen molar-refractivity contribution in [1.82, 2.24) is 15.4 Å². The smallest absolute Gasteiger partial charge is 0.274 e. The summed E-state index contributed by atoms with van der Waals surface area (Å²) in [5.74, 6) is 0.550. The quantitative estimate of drug-likeness (QED) is 0.639. The minimum Gasteiger partial charge on any atom is -0.354 e. The summed E-state index contributed by atoms with van der Waals surface area (Å²) in [5, 5.41) is 8.65. The molecule has 6 nitrogen and oxygen atoms in total. The summed E-state index contributed by atoms with van der Waals surface area (Å²) in [7, 11) is 0. The lowest BCUT2D eigenvalue weighted by Crippen LogP contribution is -2.47. The summed E-state index contributed by atoms with van der Waals surface area (Å²) in [4.78, 5) is 20.5. The van der Waals surface area contributed by atoms with Crippen LogP contribution in [0.5, 0.6) is 0 Å². The van der Waals surface area contributed by atoms with E-state index in [4.69, 9.17) is 5.21 Å². The predicted octanol–water partition coefficient (Wildman–Crippen LogP) is 2.43. The van der Waals surface area contributed by atoms with Gasteiger partial charge in [0.05, 0.1) is 0 Å². The molecule has 1 aromatic heterocycles. The van der Waals surface area contributed by atoms with Crippen molar-refractivity contribution in [2.24, 2.45) is 0 Å². The molecule has 0 radical (unpaired) electrons. The number of hydrogen-bond donors (Lipinski definition) is 2. The van der Waals surface area contributed by atoms with Gasteiger partial charge in [0.2, 0.25) is 0 Å². The van der Waals surface area contributed by atoms with E-state index in [1.54, 1.807) is 17.6 Å². The van der Waals surface area contributed by atoms with Gasteiger partial charge in [0.15, 0.2) is 0 Å². The molecule has 2 heterocycles. The van der Waals surface area contributed by atoms with Crippen LogP contribution < -0.4 is 10.4 Å². The topological polar surface area (TPSA) is 68.7 Å². The maximum Gasteiger partial charge on any atom is 0.274 e. The lowest BCUT2D eigenvalue weighted by molar-refractivity contribution is 0.0706. The standard InChI is InChI=1S/C20H24N4O2/c1-16(14-17-5-7-18(8-6-17)20(25)22-26)15-23-10-12-24(13-11-23)19-4-2-3-9-21-19/h2-9,14,26H,10-13,15H2,1H3,(H,22,25). The number of nitrogens with zero attached hydrogens (tertiary/aromatic N) is 3. The van der Waals surface area contributed by atoms with Crippen LogP contribution in [-0.2, 0) is 0 Å². The summed E-state index contributed by atoms with van der Waals surface area (Å²) in [6.45, 7) is 7.04. The Morgan fingerprint density at radius 1 is 1.15 bits per heavy atom. The molecule has 3 rings (SSSR count). The number of pyridine rings is 1. The van der Waals surface area contributed by atoms with Gasteiger partial charge in [-0.05, 0) is 36.8 Å². The van der Waals surface area contributed by atoms with Crippen LogP contribution in [0, 0.1) is 0 Å². The van der Waals surface area contributed by atoms with Crippen molar-refractivity contribution in [1.29, 1.82) is 0 Å². The minimum absolute atomic E-state index is 0.438. The molecule has 1 aliphatic heterocycles. The predicted molar refractivity (Wildman–Crippen MR) is 102 cm³/mol. The van der Waals surface area contributed by atoms with E-state index in [-0.39, 0.29) is 0 Å². The first-order chi connectivity index (χ1) is 12.7. The molecule has 6 heteroatoms. The van der Waals surface area contributed by atoms with Crippen molar-refractivity contribution in [2.75, 3.05) is 37.6 Å². The molecule has 0 spiro atoms. The van der Waals surface area contributed by atoms with Crippen molar-refractivity contribution in [3.05, 3.63) is 65.4 Å². The third-order valence-corrected chi connectivity index (χ3v) is 4.51. The highest BCUT2D eigenvalue weighted by Gasteiger charge is 2.17. The fraction of sp³-hybridized carbons (Fsp3) is 0.300. The second kappa shape index (κ2) is 8.60. The van der Waals surface area contributed by atoms with Crippen LogP contribution in [0.15, 0.2) is 54.2 Å². The van der Waals surface area contributed by atoms with Crippen molar-refractivity contribution in [2.45, 2.75) is 6.92 Å². The van der Waals surface area contributed by atoms with Crippen molar-refractivity contribution < 1.29 is 10.0 Å². The zero-order chi connectivity index (χ0) is 18.4. The van der Waals surface area contributed by atoms with E-state index < -0.39 is 5.91 Å². The number of amides is 1. The van der Waals surface area contributed by atoms with E-state index in [1.165, 1.54) is 5.57 Å². The van der Waals surface area contributed by atoms with Gasteiger partial charge in [-0.3, -0.25) is 14.9 Å². The van der Waals surface area contributed by atoms with Gasteiger partial charge in [0, 0.05) is 44.5 Å². The summed E-state index contributed by atoms with van der Waals surface area (Å²) in [6.07, 6.45) is 3.97. The molecule has 26 heavy (non-hydrogen) atoms. The number of anilines is 1. The third-order valence-electron chi connectivity index (χ3n) is 4.51. The van der Waals surface area contributed by atoms with E-state index in [1.807, 2.05) is 30.5 Å². The van der Waals surface area contributed by atoms with Gasteiger partial charge in [-0.2, -0.15) is 0 Å². The van der Waals surface area contributed by atoms with E-state index >= 15 is 0 Å². The normalized spacial score (nSPS) is 15.8. The molecule has 136 valence electrons. The lowest BCUT2D eigenvalue weighted by Gasteiger charge is -2.35. The van der Waals surface area contributed by atoms with Gasteiger partial charge < -0.3 is 4.90 Å². The van der Waals surface area contributed by atoms with Crippen molar-refractivity contribution in [3.8, 4) is 0 Å². The van der Waals surface area contributed by atoms with Gasteiger partial charge >= 0.3 is 0 Å². The Hall–Kier alpha value is -2.70. The SMILES string of the molecule is CC(=Cc1ccc(C(=O)NO)cc1)CN1CCN(c2ccccn2)CC1. The summed E-state index contributed by atoms with van der Waals surface area (Å²) in [5.41, 5.74) is 4.40. The first-order valence-corrected chi connectivity index (χ1v) is 8.76. The van der Waals surface area contributed by atoms with Gasteiger partial charge in [0.25, 0.3) is 5.91 Å². The molecule has 1 saturated heterocycles. The number of nitrogens with one attached hydrogen (secondary N) is 1. The molecule has 2 aromatic rings. The van der Waals surface area contributed by atoms with Crippen LogP contribution in [0.1, 0.15) is 22.8 Å². The molecule has 0 saturated carbocycles. The number of benzene rings is 1. The number of carbonyl (C=O) groups is 1. The number of rotatable bonds is 5. The molecule has 0 aliphatic carbocycles. The Kier molecular flexibility index (Phi) is 5.99. The molecular formula is C20H24N4O2. The second-order valence-corrected chi connectivity index (χ2v) is 6.50. The summed E-state index contributed by atoms with van der Waals surface area (Å²) in [6, 6.07) is 13.2. The largest absolute Gasteiger partial charge is 0.354 e. The van der Waals surface area contributed by atoms with Crippen molar-refractivity contribution >= 4 is 17.8 Å². The van der Waals surface area contributed by atoms with E-state index in [0.717, 1.165) is 44.1 Å². The number of carbonyl (C=O) groups excluding carboxylic acids is 1. The van der Waals surface area contributed by atoms with E-state index in [9.17, 15) is 4.79 Å². The fourth-order valence-corrected chi connectivity index (χ4v) is 3.15. The van der Waals surface area contributed by atoms with Crippen molar-refractivity contribution in [3.63, 3.8) is 0 Å². The molecular weight excluding hydrogens is 328 g/mol. The molecule has 1 fully saturated rings. The number of hydroxylamine groups is 1. The second-order valence-electron chi connectivity index (χ2n) is 6.50. The molecule has 1 amide bonds. The fourth-order valence-electron chi connectivity index (χ4n) is 3.15. The highest BCUT2D eigenvalue weighted by Crippen LogP contribution is 2.15. The Morgan fingerprint density at radius 3 is 2.50 bits per heavy atom. The van der Waals surface area contributed by atoms with Crippen LogP contribution >= 0.6 is 0 Å². The summed E-state index contributed by atoms with van der Waals surface area (Å²) < 4.78 is 0. The average molecular weight is 352 g/mol. The minimum atomic E-state index is -0.497.